The van der Waals surface area contributed by atoms with Crippen molar-refractivity contribution in [3.05, 3.63) is 0 Å². The molecule has 0 aliphatic heterocycles. The third-order valence-electron chi connectivity index (χ3n) is 3.45. The van der Waals surface area contributed by atoms with Gasteiger partial charge in [-0.25, -0.2) is 0 Å². The fraction of sp³-hybridized carbons (Fsp3) is 0.947. The van der Waals surface area contributed by atoms with Crippen molar-refractivity contribution < 1.29 is 23.7 Å². The third kappa shape index (κ3) is 21.3. The predicted octanol–water partition coefficient (Wildman–Crippen LogP) is 1.75. The molecule has 0 aromatic carbocycles. The summed E-state index contributed by atoms with van der Waals surface area (Å²) in [5, 5.41) is 6.23. The lowest BCUT2D eigenvalue weighted by Gasteiger charge is -2.09. The molecule has 26 heavy (non-hydrogen) atoms. The fourth-order valence-corrected chi connectivity index (χ4v) is 2.08. The van der Waals surface area contributed by atoms with E-state index >= 15 is 0 Å². The Balaban J connectivity index is 3.10. The van der Waals surface area contributed by atoms with Gasteiger partial charge in [0, 0.05) is 45.4 Å². The van der Waals surface area contributed by atoms with Crippen LogP contribution >= 0.6 is 0 Å². The van der Waals surface area contributed by atoms with Gasteiger partial charge in [0.15, 0.2) is 0 Å². The first-order valence-electron chi connectivity index (χ1n) is 9.97. The van der Waals surface area contributed by atoms with Gasteiger partial charge in [-0.1, -0.05) is 13.8 Å². The second-order valence-electron chi connectivity index (χ2n) is 6.30. The molecule has 156 valence electrons. The Kier molecular flexibility index (Phi) is 20.0. The highest BCUT2D eigenvalue weighted by Crippen LogP contribution is 1.91. The van der Waals surface area contributed by atoms with Gasteiger partial charge in [-0.3, -0.25) is 4.79 Å². The standard InChI is InChI=1S/C19H40N2O5/c1-4-23-11-5-8-19(22)21-10-7-13-25-15-17-26-16-14-24-12-6-9-20-18(2)3/h18,20H,4-17H2,1-3H3,(H,21,22). The van der Waals surface area contributed by atoms with Crippen LogP contribution in [0, 0.1) is 0 Å². The Hall–Kier alpha value is -0.730. The fourth-order valence-electron chi connectivity index (χ4n) is 2.08. The molecule has 0 aliphatic carbocycles. The lowest BCUT2D eigenvalue weighted by atomic mass is 10.3. The minimum absolute atomic E-state index is 0.0769. The monoisotopic (exact) mass is 376 g/mol. The Bertz CT molecular complexity index is 304. The van der Waals surface area contributed by atoms with E-state index in [2.05, 4.69) is 24.5 Å². The van der Waals surface area contributed by atoms with Crippen molar-refractivity contribution in [1.29, 1.82) is 0 Å². The van der Waals surface area contributed by atoms with Crippen LogP contribution in [-0.2, 0) is 23.7 Å². The summed E-state index contributed by atoms with van der Waals surface area (Å²) >= 11 is 0. The van der Waals surface area contributed by atoms with Crippen molar-refractivity contribution >= 4 is 5.91 Å². The summed E-state index contributed by atoms with van der Waals surface area (Å²) in [6.07, 6.45) is 3.12. The van der Waals surface area contributed by atoms with Gasteiger partial charge in [-0.05, 0) is 32.7 Å². The van der Waals surface area contributed by atoms with Crippen molar-refractivity contribution in [2.45, 2.75) is 52.5 Å². The maximum Gasteiger partial charge on any atom is 0.220 e. The predicted molar refractivity (Wildman–Crippen MR) is 104 cm³/mol. The van der Waals surface area contributed by atoms with Gasteiger partial charge in [-0.15, -0.1) is 0 Å². The van der Waals surface area contributed by atoms with Crippen LogP contribution < -0.4 is 10.6 Å². The van der Waals surface area contributed by atoms with Gasteiger partial charge in [-0.2, -0.15) is 0 Å². The van der Waals surface area contributed by atoms with Gasteiger partial charge < -0.3 is 29.6 Å². The highest BCUT2D eigenvalue weighted by molar-refractivity contribution is 5.75. The summed E-state index contributed by atoms with van der Waals surface area (Å²) in [5.41, 5.74) is 0. The highest BCUT2D eigenvalue weighted by atomic mass is 16.5. The van der Waals surface area contributed by atoms with Crippen LogP contribution in [0.5, 0.6) is 0 Å². The molecule has 0 fully saturated rings. The SMILES string of the molecule is CCOCCCC(=O)NCCCOCCOCCOCCCNC(C)C. The van der Waals surface area contributed by atoms with Gasteiger partial charge in [0.1, 0.15) is 0 Å². The normalized spacial score (nSPS) is 11.2. The van der Waals surface area contributed by atoms with Gasteiger partial charge in [0.05, 0.1) is 26.4 Å². The summed E-state index contributed by atoms with van der Waals surface area (Å²) in [4.78, 5) is 11.5. The van der Waals surface area contributed by atoms with Gasteiger partial charge in [0.25, 0.3) is 0 Å². The topological polar surface area (TPSA) is 78.1 Å². The van der Waals surface area contributed by atoms with Crippen LogP contribution in [0.1, 0.15) is 46.5 Å². The van der Waals surface area contributed by atoms with Crippen LogP contribution in [0.15, 0.2) is 0 Å². The van der Waals surface area contributed by atoms with E-state index in [1.54, 1.807) is 0 Å². The van der Waals surface area contributed by atoms with E-state index in [4.69, 9.17) is 18.9 Å². The molecule has 0 atom stereocenters. The van der Waals surface area contributed by atoms with Crippen LogP contribution in [0.4, 0.5) is 0 Å². The molecule has 0 heterocycles. The molecule has 0 rings (SSSR count). The van der Waals surface area contributed by atoms with Crippen molar-refractivity contribution in [2.75, 3.05) is 65.9 Å². The Morgan fingerprint density at radius 3 is 1.88 bits per heavy atom. The van der Waals surface area contributed by atoms with E-state index in [1.165, 1.54) is 0 Å². The number of carbonyl (C=O) groups excluding carboxylic acids is 1. The van der Waals surface area contributed by atoms with Crippen molar-refractivity contribution in [3.8, 4) is 0 Å². The summed E-state index contributed by atoms with van der Waals surface area (Å²) in [7, 11) is 0. The molecular weight excluding hydrogens is 336 g/mol. The van der Waals surface area contributed by atoms with E-state index < -0.39 is 0 Å². The van der Waals surface area contributed by atoms with Crippen molar-refractivity contribution in [2.24, 2.45) is 0 Å². The molecule has 0 aliphatic rings. The first-order valence-corrected chi connectivity index (χ1v) is 9.97. The average Bonchev–Trinajstić information content (AvgIpc) is 2.61. The van der Waals surface area contributed by atoms with Crippen molar-refractivity contribution in [1.82, 2.24) is 10.6 Å². The largest absolute Gasteiger partial charge is 0.382 e. The molecule has 0 aromatic heterocycles. The lowest BCUT2D eigenvalue weighted by molar-refractivity contribution is -0.121. The summed E-state index contributed by atoms with van der Waals surface area (Å²) in [6, 6.07) is 0.528. The third-order valence-corrected chi connectivity index (χ3v) is 3.45. The van der Waals surface area contributed by atoms with E-state index in [-0.39, 0.29) is 5.91 Å². The van der Waals surface area contributed by atoms with E-state index in [1.807, 2.05) is 6.92 Å². The minimum atomic E-state index is 0.0769. The maximum atomic E-state index is 11.5. The number of hydrogen-bond acceptors (Lipinski definition) is 6. The van der Waals surface area contributed by atoms with Gasteiger partial charge >= 0.3 is 0 Å². The smallest absolute Gasteiger partial charge is 0.220 e. The van der Waals surface area contributed by atoms with Gasteiger partial charge in [0.2, 0.25) is 5.91 Å². The first-order chi connectivity index (χ1) is 12.7. The quantitative estimate of drug-likeness (QED) is 0.315. The molecule has 0 aromatic rings. The number of amides is 1. The second kappa shape index (κ2) is 20.6. The zero-order chi connectivity index (χ0) is 19.3. The van der Waals surface area contributed by atoms with E-state index in [0.29, 0.717) is 65.3 Å². The number of ether oxygens (including phenoxy) is 4. The molecule has 0 radical (unpaired) electrons. The minimum Gasteiger partial charge on any atom is -0.382 e. The summed E-state index contributed by atoms with van der Waals surface area (Å²) in [6.45, 7) is 13.0. The number of nitrogens with one attached hydrogen (secondary N) is 2. The summed E-state index contributed by atoms with van der Waals surface area (Å²) < 4.78 is 21.6. The van der Waals surface area contributed by atoms with Crippen LogP contribution in [0.3, 0.4) is 0 Å². The molecule has 0 saturated carbocycles. The van der Waals surface area contributed by atoms with Crippen LogP contribution in [-0.4, -0.2) is 77.9 Å². The van der Waals surface area contributed by atoms with E-state index in [0.717, 1.165) is 32.4 Å². The molecular formula is C19H40N2O5. The zero-order valence-corrected chi connectivity index (χ0v) is 17.0. The van der Waals surface area contributed by atoms with Crippen LogP contribution in [0.25, 0.3) is 0 Å². The lowest BCUT2D eigenvalue weighted by Crippen LogP contribution is -2.25. The molecule has 2 N–H and O–H groups in total. The Morgan fingerprint density at radius 1 is 0.769 bits per heavy atom. The molecule has 0 spiro atoms. The molecule has 7 heteroatoms. The second-order valence-corrected chi connectivity index (χ2v) is 6.30. The molecule has 1 amide bonds. The number of carbonyl (C=O) groups is 1. The highest BCUT2D eigenvalue weighted by Gasteiger charge is 2.00. The Morgan fingerprint density at radius 2 is 1.31 bits per heavy atom. The first kappa shape index (κ1) is 25.3. The zero-order valence-electron chi connectivity index (χ0n) is 17.0. The molecule has 0 bridgehead atoms. The summed E-state index contributed by atoms with van der Waals surface area (Å²) in [5.74, 6) is 0.0769. The van der Waals surface area contributed by atoms with Crippen molar-refractivity contribution in [3.63, 3.8) is 0 Å². The Labute approximate surface area is 159 Å². The molecule has 7 nitrogen and oxygen atoms in total. The average molecular weight is 377 g/mol. The van der Waals surface area contributed by atoms with E-state index in [9.17, 15) is 4.79 Å². The maximum absolute atomic E-state index is 11.5. The molecule has 0 saturated heterocycles. The molecule has 0 unspecified atom stereocenters. The number of hydrogen-bond donors (Lipinski definition) is 2. The van der Waals surface area contributed by atoms with Crippen LogP contribution in [0.2, 0.25) is 0 Å². The number of rotatable bonds is 20.